The van der Waals surface area contributed by atoms with E-state index in [4.69, 9.17) is 0 Å². The van der Waals surface area contributed by atoms with Crippen LogP contribution in [0.25, 0.3) is 0 Å². The molecule has 0 radical (unpaired) electrons. The van der Waals surface area contributed by atoms with Crippen LogP contribution in [-0.2, 0) is 0 Å². The Morgan fingerprint density at radius 3 is 2.50 bits per heavy atom. The zero-order valence-corrected chi connectivity index (χ0v) is 10.8. The predicted octanol–water partition coefficient (Wildman–Crippen LogP) is 4.45. The summed E-state index contributed by atoms with van der Waals surface area (Å²) in [5.41, 5.74) is 1.12. The van der Waals surface area contributed by atoms with Crippen molar-refractivity contribution in [2.45, 2.75) is 17.1 Å². The molecule has 2 aromatic carbocycles. The molecule has 18 heavy (non-hydrogen) atoms. The molecule has 4 heteroatoms. The second-order valence-corrected chi connectivity index (χ2v) is 5.34. The lowest BCUT2D eigenvalue weighted by atomic mass is 10.1. The molecule has 0 fully saturated rings. The molecule has 0 aliphatic heterocycles. The molecular weight excluding hydrogens is 246 g/mol. The first-order chi connectivity index (χ1) is 8.66. The minimum atomic E-state index is -0.358. The molecule has 0 amide bonds. The number of thioether (sulfide) groups is 1. The average Bonchev–Trinajstić information content (AvgIpc) is 2.40. The van der Waals surface area contributed by atoms with Crippen LogP contribution in [0.2, 0.25) is 0 Å². The summed E-state index contributed by atoms with van der Waals surface area (Å²) in [6.45, 7) is 2.05. The van der Waals surface area contributed by atoms with Gasteiger partial charge >= 0.3 is 0 Å². The molecule has 0 bridgehead atoms. The third-order valence-corrected chi connectivity index (χ3v) is 3.78. The highest BCUT2D eigenvalue weighted by Gasteiger charge is 2.11. The van der Waals surface area contributed by atoms with Crippen molar-refractivity contribution in [3.63, 3.8) is 0 Å². The van der Waals surface area contributed by atoms with E-state index in [9.17, 15) is 10.1 Å². The van der Waals surface area contributed by atoms with Gasteiger partial charge in [-0.05, 0) is 24.6 Å². The molecule has 0 saturated heterocycles. The van der Waals surface area contributed by atoms with Crippen LogP contribution in [0.15, 0.2) is 59.5 Å². The van der Waals surface area contributed by atoms with Crippen molar-refractivity contribution in [3.8, 4) is 0 Å². The van der Waals surface area contributed by atoms with Gasteiger partial charge in [-0.25, -0.2) is 0 Å². The lowest BCUT2D eigenvalue weighted by Gasteiger charge is -2.11. The Bertz CT molecular complexity index is 543. The van der Waals surface area contributed by atoms with Gasteiger partial charge in [0.1, 0.15) is 0 Å². The van der Waals surface area contributed by atoms with E-state index in [-0.39, 0.29) is 15.9 Å². The van der Waals surface area contributed by atoms with E-state index in [0.29, 0.717) is 0 Å². The molecule has 2 rings (SSSR count). The Hall–Kier alpha value is -1.81. The highest BCUT2D eigenvalue weighted by Crippen LogP contribution is 2.35. The number of hydrogen-bond acceptors (Lipinski definition) is 3. The average molecular weight is 259 g/mol. The number of rotatable bonds is 4. The highest BCUT2D eigenvalue weighted by atomic mass is 32.2. The van der Waals surface area contributed by atoms with Crippen LogP contribution in [0.4, 0.5) is 5.69 Å². The molecule has 0 N–H and O–H groups in total. The van der Waals surface area contributed by atoms with Crippen LogP contribution in [0.3, 0.4) is 0 Å². The molecule has 1 unspecified atom stereocenters. The number of hydrogen-bond donors (Lipinski definition) is 0. The van der Waals surface area contributed by atoms with Crippen LogP contribution in [0, 0.1) is 10.1 Å². The van der Waals surface area contributed by atoms with Gasteiger partial charge in [-0.15, -0.1) is 11.8 Å². The van der Waals surface area contributed by atoms with E-state index in [2.05, 4.69) is 6.92 Å². The molecule has 0 spiro atoms. The minimum Gasteiger partial charge on any atom is -0.258 e. The summed E-state index contributed by atoms with van der Waals surface area (Å²) >= 11 is 1.69. The SMILES string of the molecule is CC(Sc1ccccc1)c1cccc([N+](=O)[O-])c1. The molecule has 92 valence electrons. The van der Waals surface area contributed by atoms with E-state index in [1.54, 1.807) is 23.9 Å². The Labute approximate surface area is 110 Å². The van der Waals surface area contributed by atoms with Crippen molar-refractivity contribution < 1.29 is 4.92 Å². The van der Waals surface area contributed by atoms with Crippen LogP contribution in [-0.4, -0.2) is 4.92 Å². The number of non-ortho nitro benzene ring substituents is 1. The van der Waals surface area contributed by atoms with Gasteiger partial charge in [0, 0.05) is 22.3 Å². The standard InChI is InChI=1S/C14H13NO2S/c1-11(18-14-8-3-2-4-9-14)12-6-5-7-13(10-12)15(16)17/h2-11H,1H3. The normalized spacial score (nSPS) is 12.1. The number of nitrogens with zero attached hydrogens (tertiary/aromatic N) is 1. The first-order valence-corrected chi connectivity index (χ1v) is 6.51. The van der Waals surface area contributed by atoms with Crippen molar-refractivity contribution in [2.75, 3.05) is 0 Å². The summed E-state index contributed by atoms with van der Waals surface area (Å²) in [5.74, 6) is 0. The molecule has 3 nitrogen and oxygen atoms in total. The van der Waals surface area contributed by atoms with Crippen LogP contribution >= 0.6 is 11.8 Å². The second-order valence-electron chi connectivity index (χ2n) is 3.93. The van der Waals surface area contributed by atoms with Gasteiger partial charge in [-0.2, -0.15) is 0 Å². The van der Waals surface area contributed by atoms with Gasteiger partial charge in [-0.1, -0.05) is 30.3 Å². The first kappa shape index (κ1) is 12.6. The molecule has 0 aliphatic rings. The van der Waals surface area contributed by atoms with E-state index >= 15 is 0 Å². The van der Waals surface area contributed by atoms with Gasteiger partial charge in [-0.3, -0.25) is 10.1 Å². The molecule has 0 saturated carbocycles. The maximum atomic E-state index is 10.7. The molecule has 0 heterocycles. The Balaban J connectivity index is 2.16. The summed E-state index contributed by atoms with van der Waals surface area (Å²) in [5, 5.41) is 10.9. The second kappa shape index (κ2) is 5.69. The summed E-state index contributed by atoms with van der Waals surface area (Å²) in [4.78, 5) is 11.5. The summed E-state index contributed by atoms with van der Waals surface area (Å²) in [6.07, 6.45) is 0. The fourth-order valence-corrected chi connectivity index (χ4v) is 2.67. The van der Waals surface area contributed by atoms with E-state index in [1.165, 1.54) is 6.07 Å². The predicted molar refractivity (Wildman–Crippen MR) is 73.8 cm³/mol. The maximum absolute atomic E-state index is 10.7. The van der Waals surface area contributed by atoms with Crippen molar-refractivity contribution in [3.05, 3.63) is 70.3 Å². The molecule has 1 atom stereocenters. The molecule has 2 aromatic rings. The molecule has 0 aliphatic carbocycles. The third-order valence-electron chi connectivity index (χ3n) is 2.61. The molecule has 0 aromatic heterocycles. The largest absolute Gasteiger partial charge is 0.269 e. The van der Waals surface area contributed by atoms with Crippen molar-refractivity contribution >= 4 is 17.4 Å². The van der Waals surface area contributed by atoms with Crippen LogP contribution in [0.5, 0.6) is 0 Å². The monoisotopic (exact) mass is 259 g/mol. The molecular formula is C14H13NO2S. The smallest absolute Gasteiger partial charge is 0.258 e. The van der Waals surface area contributed by atoms with Crippen molar-refractivity contribution in [1.29, 1.82) is 0 Å². The Kier molecular flexibility index (Phi) is 3.99. The van der Waals surface area contributed by atoms with Gasteiger partial charge in [0.25, 0.3) is 5.69 Å². The zero-order valence-electron chi connectivity index (χ0n) is 9.95. The lowest BCUT2D eigenvalue weighted by molar-refractivity contribution is -0.384. The fourth-order valence-electron chi connectivity index (χ4n) is 1.66. The van der Waals surface area contributed by atoms with Gasteiger partial charge in [0.15, 0.2) is 0 Å². The quantitative estimate of drug-likeness (QED) is 0.463. The van der Waals surface area contributed by atoms with E-state index in [0.717, 1.165) is 10.5 Å². The number of nitro benzene ring substituents is 1. The summed E-state index contributed by atoms with van der Waals surface area (Å²) < 4.78 is 0. The first-order valence-electron chi connectivity index (χ1n) is 5.63. The van der Waals surface area contributed by atoms with E-state index in [1.807, 2.05) is 36.4 Å². The van der Waals surface area contributed by atoms with Crippen molar-refractivity contribution in [1.82, 2.24) is 0 Å². The van der Waals surface area contributed by atoms with Gasteiger partial charge in [0.2, 0.25) is 0 Å². The fraction of sp³-hybridized carbons (Fsp3) is 0.143. The van der Waals surface area contributed by atoms with Gasteiger partial charge in [0.05, 0.1) is 4.92 Å². The summed E-state index contributed by atoms with van der Waals surface area (Å²) in [7, 11) is 0. The topological polar surface area (TPSA) is 43.1 Å². The number of benzene rings is 2. The van der Waals surface area contributed by atoms with Crippen molar-refractivity contribution in [2.24, 2.45) is 0 Å². The zero-order chi connectivity index (χ0) is 13.0. The number of nitro groups is 1. The lowest BCUT2D eigenvalue weighted by Crippen LogP contribution is -1.92. The third kappa shape index (κ3) is 3.11. The Morgan fingerprint density at radius 1 is 1.11 bits per heavy atom. The summed E-state index contributed by atoms with van der Waals surface area (Å²) in [6, 6.07) is 16.8. The van der Waals surface area contributed by atoms with Gasteiger partial charge < -0.3 is 0 Å². The minimum absolute atomic E-state index is 0.146. The Morgan fingerprint density at radius 2 is 1.83 bits per heavy atom. The highest BCUT2D eigenvalue weighted by molar-refractivity contribution is 7.99. The van der Waals surface area contributed by atoms with Crippen LogP contribution in [0.1, 0.15) is 17.7 Å². The van der Waals surface area contributed by atoms with Crippen LogP contribution < -0.4 is 0 Å². The van der Waals surface area contributed by atoms with E-state index < -0.39 is 0 Å². The maximum Gasteiger partial charge on any atom is 0.269 e.